The zero-order chi connectivity index (χ0) is 40.0. The van der Waals surface area contributed by atoms with Crippen molar-refractivity contribution in [1.82, 2.24) is 0 Å². The minimum absolute atomic E-state index is 0.162. The Kier molecular flexibility index (Phi) is 9.95. The quantitative estimate of drug-likeness (QED) is 0.131. The fourth-order valence-electron chi connectivity index (χ4n) is 11.0. The van der Waals surface area contributed by atoms with Gasteiger partial charge in [-0.25, -0.2) is 0 Å². The molecule has 0 N–H and O–H groups in total. The Morgan fingerprint density at radius 2 is 1.67 bits per heavy atom. The molecule has 4 aromatic rings. The Morgan fingerprint density at radius 3 is 2.43 bits per heavy atom. The molecule has 0 aromatic heterocycles. The van der Waals surface area contributed by atoms with Crippen LogP contribution in [-0.2, 0) is 11.8 Å². The van der Waals surface area contributed by atoms with Crippen LogP contribution in [0.5, 0.6) is 0 Å². The van der Waals surface area contributed by atoms with Crippen molar-refractivity contribution in [3.05, 3.63) is 201 Å². The average Bonchev–Trinajstić information content (AvgIpc) is 3.72. The van der Waals surface area contributed by atoms with Crippen LogP contribution in [0.15, 0.2) is 157 Å². The minimum atomic E-state index is -0.479. The lowest BCUT2D eigenvalue weighted by atomic mass is 9.63. The van der Waals surface area contributed by atoms with Gasteiger partial charge in [0, 0.05) is 46.0 Å². The summed E-state index contributed by atoms with van der Waals surface area (Å²) in [5, 5.41) is 0. The number of aryl methyl sites for hydroxylation is 1. The molecule has 5 aliphatic carbocycles. The molecule has 1 spiro atoms. The first-order valence-corrected chi connectivity index (χ1v) is 21.3. The second-order valence-electron chi connectivity index (χ2n) is 16.4. The van der Waals surface area contributed by atoms with Crippen LogP contribution in [-0.4, -0.2) is 6.04 Å². The first kappa shape index (κ1) is 37.5. The standard InChI is InChI=1S/C56H54N2/c1-7-22-40(9-3)57(41-25-13-11-14-26-41)43-34-35-48-51(36-43)56(49(23-8-2)44(10-4)45-29-19-20-32-50(45)56)52-37-54(46-30-17-18-31-47(46)55(48)52)58(42-27-15-12-16-28-42)53-33-21-24-38(5)39(53)6/h4,7-9,11-15,18-27,29,31-33,35,37,43,51H,16-17,28,30,34,36H2,1-3,5-6H3/b22-7-,23-8-,40-9+/t43?,51?,56-/m1/s1. The molecule has 0 saturated carbocycles. The molecule has 58 heavy (non-hydrogen) atoms. The van der Waals surface area contributed by atoms with Crippen molar-refractivity contribution in [1.29, 1.82) is 0 Å². The van der Waals surface area contributed by atoms with Crippen LogP contribution < -0.4 is 9.80 Å². The molecular formula is C56H54N2. The van der Waals surface area contributed by atoms with E-state index in [0.29, 0.717) is 0 Å². The molecule has 0 fully saturated rings. The van der Waals surface area contributed by atoms with E-state index in [4.69, 9.17) is 6.42 Å². The molecule has 0 aliphatic heterocycles. The van der Waals surface area contributed by atoms with Gasteiger partial charge in [-0.1, -0.05) is 115 Å². The molecule has 2 nitrogen and oxygen atoms in total. The fraction of sp³-hybridized carbons (Fsp3) is 0.250. The molecule has 0 saturated heterocycles. The molecule has 288 valence electrons. The molecular weight excluding hydrogens is 701 g/mol. The van der Waals surface area contributed by atoms with Crippen molar-refractivity contribution in [2.24, 2.45) is 5.92 Å². The van der Waals surface area contributed by atoms with Gasteiger partial charge in [0.25, 0.3) is 0 Å². The SMILES string of the molecule is C#CC1=C(/C=C\C)[C@]2(c3ccccc31)c1cc(N(C3=CC=CCC3)c3cccc(C)c3C)c3c(c1C1=CCC(N(C(/C=C\C)=C/C)c4ccccc4)CC12)C=CCC3. The van der Waals surface area contributed by atoms with E-state index in [0.717, 1.165) is 44.1 Å². The predicted molar refractivity (Wildman–Crippen MR) is 248 cm³/mol. The Hall–Kier alpha value is -6.04. The van der Waals surface area contributed by atoms with Crippen LogP contribution in [0, 0.1) is 32.1 Å². The number of fused-ring (bicyclic) bond motifs is 9. The van der Waals surface area contributed by atoms with Crippen LogP contribution in [0.4, 0.5) is 17.1 Å². The molecule has 3 atom stereocenters. The number of hydrogen-bond donors (Lipinski definition) is 0. The van der Waals surface area contributed by atoms with Crippen molar-refractivity contribution >= 4 is 34.3 Å². The van der Waals surface area contributed by atoms with E-state index in [1.54, 1.807) is 0 Å². The van der Waals surface area contributed by atoms with Gasteiger partial charge in [0.15, 0.2) is 0 Å². The molecule has 0 amide bonds. The summed E-state index contributed by atoms with van der Waals surface area (Å²) < 4.78 is 0. The molecule has 5 aliphatic rings. The number of nitrogens with zero attached hydrogens (tertiary/aromatic N) is 2. The Morgan fingerprint density at radius 1 is 0.862 bits per heavy atom. The van der Waals surface area contributed by atoms with Crippen molar-refractivity contribution in [3.63, 3.8) is 0 Å². The normalized spacial score (nSPS) is 21.8. The summed E-state index contributed by atoms with van der Waals surface area (Å²) in [4.78, 5) is 5.23. The van der Waals surface area contributed by atoms with E-state index in [-0.39, 0.29) is 12.0 Å². The first-order valence-electron chi connectivity index (χ1n) is 21.3. The van der Waals surface area contributed by atoms with E-state index in [2.05, 4.69) is 196 Å². The number of allylic oxidation sites excluding steroid dienone is 13. The smallest absolute Gasteiger partial charge is 0.0546 e. The van der Waals surface area contributed by atoms with Gasteiger partial charge in [-0.3, -0.25) is 0 Å². The van der Waals surface area contributed by atoms with E-state index < -0.39 is 5.41 Å². The van der Waals surface area contributed by atoms with Gasteiger partial charge >= 0.3 is 0 Å². The maximum Gasteiger partial charge on any atom is 0.0546 e. The number of hydrogen-bond acceptors (Lipinski definition) is 2. The van der Waals surface area contributed by atoms with E-state index in [1.807, 2.05) is 0 Å². The molecule has 2 heteroatoms. The monoisotopic (exact) mass is 754 g/mol. The number of rotatable bonds is 8. The second-order valence-corrected chi connectivity index (χ2v) is 16.4. The summed E-state index contributed by atoms with van der Waals surface area (Å²) in [6.07, 6.45) is 38.3. The van der Waals surface area contributed by atoms with Gasteiger partial charge in [0.05, 0.1) is 5.41 Å². The van der Waals surface area contributed by atoms with Gasteiger partial charge in [-0.15, -0.1) is 6.42 Å². The maximum atomic E-state index is 6.63. The summed E-state index contributed by atoms with van der Waals surface area (Å²) in [6.45, 7) is 11.0. The Bertz CT molecular complexity index is 2590. The highest BCUT2D eigenvalue weighted by Crippen LogP contribution is 2.67. The van der Waals surface area contributed by atoms with Gasteiger partial charge in [-0.05, 0) is 165 Å². The number of terminal acetylenes is 1. The summed E-state index contributed by atoms with van der Waals surface area (Å²) >= 11 is 0. The minimum Gasteiger partial charge on any atom is -0.338 e. The zero-order valence-electron chi connectivity index (χ0n) is 34.7. The van der Waals surface area contributed by atoms with Crippen molar-refractivity contribution in [2.45, 2.75) is 84.6 Å². The lowest BCUT2D eigenvalue weighted by Gasteiger charge is -2.44. The van der Waals surface area contributed by atoms with Crippen molar-refractivity contribution in [2.75, 3.05) is 9.80 Å². The Balaban J connectivity index is 1.37. The second kappa shape index (κ2) is 15.4. The van der Waals surface area contributed by atoms with Crippen molar-refractivity contribution in [3.8, 4) is 12.3 Å². The van der Waals surface area contributed by atoms with Crippen LogP contribution in [0.25, 0.3) is 17.2 Å². The summed E-state index contributed by atoms with van der Waals surface area (Å²) in [5.74, 6) is 3.43. The van der Waals surface area contributed by atoms with Gasteiger partial charge in [0.2, 0.25) is 0 Å². The van der Waals surface area contributed by atoms with Crippen LogP contribution >= 0.6 is 0 Å². The predicted octanol–water partition coefficient (Wildman–Crippen LogP) is 14.1. The highest BCUT2D eigenvalue weighted by Gasteiger charge is 2.59. The third-order valence-corrected chi connectivity index (χ3v) is 13.5. The molecule has 0 heterocycles. The van der Waals surface area contributed by atoms with Gasteiger partial charge in [0.1, 0.15) is 0 Å². The third-order valence-electron chi connectivity index (χ3n) is 13.5. The maximum absolute atomic E-state index is 6.63. The van der Waals surface area contributed by atoms with Crippen LogP contribution in [0.2, 0.25) is 0 Å². The summed E-state index contributed by atoms with van der Waals surface area (Å²) in [5.41, 5.74) is 20.5. The Labute approximate surface area is 346 Å². The third kappa shape index (κ3) is 5.70. The highest BCUT2D eigenvalue weighted by atomic mass is 15.2. The van der Waals surface area contributed by atoms with Gasteiger partial charge < -0.3 is 9.80 Å². The molecule has 2 unspecified atom stereocenters. The fourth-order valence-corrected chi connectivity index (χ4v) is 11.0. The topological polar surface area (TPSA) is 6.48 Å². The van der Waals surface area contributed by atoms with Crippen LogP contribution in [0.1, 0.15) is 97.4 Å². The highest BCUT2D eigenvalue weighted by molar-refractivity contribution is 6.00. The van der Waals surface area contributed by atoms with Gasteiger partial charge in [-0.2, -0.15) is 0 Å². The van der Waals surface area contributed by atoms with Crippen LogP contribution in [0.3, 0.4) is 0 Å². The summed E-state index contributed by atoms with van der Waals surface area (Å²) in [6, 6.07) is 29.7. The molecule has 0 bridgehead atoms. The lowest BCUT2D eigenvalue weighted by Crippen LogP contribution is -2.42. The molecule has 4 aromatic carbocycles. The zero-order valence-corrected chi connectivity index (χ0v) is 34.7. The average molecular weight is 755 g/mol. The van der Waals surface area contributed by atoms with E-state index >= 15 is 0 Å². The number of anilines is 3. The van der Waals surface area contributed by atoms with E-state index in [9.17, 15) is 0 Å². The molecule has 9 rings (SSSR count). The molecule has 0 radical (unpaired) electrons. The summed E-state index contributed by atoms with van der Waals surface area (Å²) in [7, 11) is 0. The largest absolute Gasteiger partial charge is 0.338 e. The number of benzene rings is 4. The van der Waals surface area contributed by atoms with Crippen molar-refractivity contribution < 1.29 is 0 Å². The first-order chi connectivity index (χ1) is 28.5. The van der Waals surface area contributed by atoms with E-state index in [1.165, 1.54) is 84.1 Å². The lowest BCUT2D eigenvalue weighted by molar-refractivity contribution is 0.400. The number of para-hydroxylation sites is 1.